The first-order valence-corrected chi connectivity index (χ1v) is 5.50. The normalized spacial score (nSPS) is 29.1. The van der Waals surface area contributed by atoms with Crippen LogP contribution in [0.2, 0.25) is 0 Å². The zero-order valence-electron chi connectivity index (χ0n) is 7.49. The maximum absolute atomic E-state index is 5.92. The largest absolute Gasteiger partial charge is 0.328 e. The van der Waals surface area contributed by atoms with Crippen LogP contribution in [0.1, 0.15) is 31.7 Å². The van der Waals surface area contributed by atoms with Crippen molar-refractivity contribution in [3.63, 3.8) is 0 Å². The van der Waals surface area contributed by atoms with E-state index >= 15 is 0 Å². The maximum Gasteiger partial charge on any atom is 0.0632 e. The molecule has 0 radical (unpaired) electrons. The minimum absolute atomic E-state index is 0.363. The summed E-state index contributed by atoms with van der Waals surface area (Å²) in [5.74, 6) is 0. The number of rotatable bonds is 1. The first-order valence-electron chi connectivity index (χ1n) is 4.71. The van der Waals surface area contributed by atoms with Gasteiger partial charge in [-0.2, -0.15) is 5.10 Å². The lowest BCUT2D eigenvalue weighted by atomic mass is 9.92. The molecule has 0 aliphatic heterocycles. The highest BCUT2D eigenvalue weighted by Crippen LogP contribution is 2.27. The number of aromatic nitrogens is 2. The molecule has 2 rings (SSSR count). The molecule has 2 atom stereocenters. The molecule has 0 spiro atoms. The van der Waals surface area contributed by atoms with Gasteiger partial charge in [0.2, 0.25) is 0 Å². The standard InChI is InChI=1S/C9H14BrN3/c10-7-5-12-13(6-7)9-3-1-2-8(11)4-9/h5-6,8-9H,1-4,11H2/t8-,9-/m0/s1. The molecule has 1 fully saturated rings. The van der Waals surface area contributed by atoms with Crippen molar-refractivity contribution in [1.29, 1.82) is 0 Å². The molecule has 0 saturated heterocycles. The highest BCUT2D eigenvalue weighted by molar-refractivity contribution is 9.10. The summed E-state index contributed by atoms with van der Waals surface area (Å²) >= 11 is 3.40. The van der Waals surface area contributed by atoms with Crippen LogP contribution in [-0.4, -0.2) is 15.8 Å². The molecule has 0 amide bonds. The number of nitrogens with zero attached hydrogens (tertiary/aromatic N) is 2. The van der Waals surface area contributed by atoms with Gasteiger partial charge in [0, 0.05) is 12.2 Å². The smallest absolute Gasteiger partial charge is 0.0632 e. The number of nitrogens with two attached hydrogens (primary N) is 1. The van der Waals surface area contributed by atoms with Crippen LogP contribution in [0.15, 0.2) is 16.9 Å². The van der Waals surface area contributed by atoms with Gasteiger partial charge in [-0.25, -0.2) is 0 Å². The van der Waals surface area contributed by atoms with E-state index in [1.165, 1.54) is 19.3 Å². The molecule has 13 heavy (non-hydrogen) atoms. The fourth-order valence-corrected chi connectivity index (χ4v) is 2.26. The zero-order valence-corrected chi connectivity index (χ0v) is 9.07. The van der Waals surface area contributed by atoms with Gasteiger partial charge in [-0.1, -0.05) is 0 Å². The summed E-state index contributed by atoms with van der Waals surface area (Å²) in [5.41, 5.74) is 5.92. The quantitative estimate of drug-likeness (QED) is 0.821. The fraction of sp³-hybridized carbons (Fsp3) is 0.667. The molecule has 0 unspecified atom stereocenters. The lowest BCUT2D eigenvalue weighted by Gasteiger charge is -2.26. The second kappa shape index (κ2) is 3.80. The van der Waals surface area contributed by atoms with Gasteiger partial charge in [0.25, 0.3) is 0 Å². The fourth-order valence-electron chi connectivity index (χ4n) is 1.96. The summed E-state index contributed by atoms with van der Waals surface area (Å²) in [5, 5.41) is 4.29. The predicted octanol–water partition coefficient (Wildman–Crippen LogP) is 2.09. The van der Waals surface area contributed by atoms with Crippen LogP contribution in [0.25, 0.3) is 0 Å². The Morgan fingerprint density at radius 3 is 3.00 bits per heavy atom. The first-order chi connectivity index (χ1) is 6.25. The average Bonchev–Trinajstić information content (AvgIpc) is 2.52. The summed E-state index contributed by atoms with van der Waals surface area (Å²) in [6, 6.07) is 0.872. The van der Waals surface area contributed by atoms with Crippen LogP contribution in [-0.2, 0) is 0 Å². The van der Waals surface area contributed by atoms with Gasteiger partial charge in [-0.3, -0.25) is 4.68 Å². The molecular weight excluding hydrogens is 230 g/mol. The Balaban J connectivity index is 2.08. The summed E-state index contributed by atoms with van der Waals surface area (Å²) in [6.07, 6.45) is 8.53. The van der Waals surface area contributed by atoms with Gasteiger partial charge < -0.3 is 5.73 Å². The number of hydrogen-bond acceptors (Lipinski definition) is 2. The Hall–Kier alpha value is -0.350. The third-order valence-electron chi connectivity index (χ3n) is 2.63. The Bertz CT molecular complexity index is 284. The van der Waals surface area contributed by atoms with Gasteiger partial charge in [0.15, 0.2) is 0 Å². The van der Waals surface area contributed by atoms with Gasteiger partial charge in [0.05, 0.1) is 16.7 Å². The van der Waals surface area contributed by atoms with Crippen molar-refractivity contribution >= 4 is 15.9 Å². The molecule has 1 saturated carbocycles. The predicted molar refractivity (Wildman–Crippen MR) is 55.4 cm³/mol. The molecule has 1 aromatic rings. The van der Waals surface area contributed by atoms with E-state index in [2.05, 4.69) is 21.0 Å². The van der Waals surface area contributed by atoms with Gasteiger partial charge in [-0.15, -0.1) is 0 Å². The van der Waals surface area contributed by atoms with Crippen molar-refractivity contribution < 1.29 is 0 Å². The van der Waals surface area contributed by atoms with E-state index in [4.69, 9.17) is 5.73 Å². The molecule has 4 heteroatoms. The monoisotopic (exact) mass is 243 g/mol. The summed E-state index contributed by atoms with van der Waals surface area (Å²) < 4.78 is 3.08. The Morgan fingerprint density at radius 1 is 1.54 bits per heavy atom. The summed E-state index contributed by atoms with van der Waals surface area (Å²) in [7, 11) is 0. The van der Waals surface area contributed by atoms with Crippen molar-refractivity contribution in [3.8, 4) is 0 Å². The van der Waals surface area contributed by atoms with Crippen molar-refractivity contribution in [2.75, 3.05) is 0 Å². The van der Waals surface area contributed by atoms with E-state index in [1.807, 2.05) is 17.1 Å². The lowest BCUT2D eigenvalue weighted by Crippen LogP contribution is -2.29. The Kier molecular flexibility index (Phi) is 2.69. The van der Waals surface area contributed by atoms with Gasteiger partial charge >= 0.3 is 0 Å². The summed E-state index contributed by atoms with van der Waals surface area (Å²) in [6.45, 7) is 0. The molecule has 3 nitrogen and oxygen atoms in total. The van der Waals surface area contributed by atoms with Crippen LogP contribution < -0.4 is 5.73 Å². The van der Waals surface area contributed by atoms with Crippen LogP contribution >= 0.6 is 15.9 Å². The van der Waals surface area contributed by atoms with Crippen molar-refractivity contribution in [3.05, 3.63) is 16.9 Å². The minimum Gasteiger partial charge on any atom is -0.328 e. The average molecular weight is 244 g/mol. The number of hydrogen-bond donors (Lipinski definition) is 1. The molecule has 0 bridgehead atoms. The summed E-state index contributed by atoms with van der Waals surface area (Å²) in [4.78, 5) is 0. The van der Waals surface area contributed by atoms with Crippen molar-refractivity contribution in [2.24, 2.45) is 5.73 Å². The Morgan fingerprint density at radius 2 is 2.38 bits per heavy atom. The van der Waals surface area contributed by atoms with Crippen LogP contribution in [0, 0.1) is 0 Å². The minimum atomic E-state index is 0.363. The van der Waals surface area contributed by atoms with Crippen LogP contribution in [0.4, 0.5) is 0 Å². The van der Waals surface area contributed by atoms with Crippen molar-refractivity contribution in [2.45, 2.75) is 37.8 Å². The third kappa shape index (κ3) is 2.11. The molecule has 1 aliphatic carbocycles. The van der Waals surface area contributed by atoms with Crippen molar-refractivity contribution in [1.82, 2.24) is 9.78 Å². The molecule has 1 heterocycles. The molecule has 0 aromatic carbocycles. The van der Waals surface area contributed by atoms with Gasteiger partial charge in [0.1, 0.15) is 0 Å². The zero-order chi connectivity index (χ0) is 9.26. The highest BCUT2D eigenvalue weighted by atomic mass is 79.9. The first kappa shape index (κ1) is 9.21. The van der Waals surface area contributed by atoms with E-state index in [-0.39, 0.29) is 0 Å². The number of halogens is 1. The molecular formula is C9H14BrN3. The Labute approximate surface area is 86.4 Å². The second-order valence-electron chi connectivity index (χ2n) is 3.72. The molecule has 1 aliphatic rings. The third-order valence-corrected chi connectivity index (χ3v) is 3.04. The topological polar surface area (TPSA) is 43.8 Å². The SMILES string of the molecule is N[C@H]1CCC[C@H](n2cc(Br)cn2)C1. The van der Waals surface area contributed by atoms with Crippen LogP contribution in [0.5, 0.6) is 0 Å². The molecule has 72 valence electrons. The van der Waals surface area contributed by atoms with E-state index in [0.717, 1.165) is 10.9 Å². The van der Waals surface area contributed by atoms with E-state index in [0.29, 0.717) is 12.1 Å². The molecule has 2 N–H and O–H groups in total. The van der Waals surface area contributed by atoms with E-state index < -0.39 is 0 Å². The maximum atomic E-state index is 5.92. The molecule has 1 aromatic heterocycles. The van der Waals surface area contributed by atoms with E-state index in [9.17, 15) is 0 Å². The highest BCUT2D eigenvalue weighted by Gasteiger charge is 2.20. The van der Waals surface area contributed by atoms with E-state index in [1.54, 1.807) is 0 Å². The van der Waals surface area contributed by atoms with Gasteiger partial charge in [-0.05, 0) is 41.6 Å². The lowest BCUT2D eigenvalue weighted by molar-refractivity contribution is 0.300. The van der Waals surface area contributed by atoms with Crippen LogP contribution in [0.3, 0.4) is 0 Å². The second-order valence-corrected chi connectivity index (χ2v) is 4.63.